The molecule has 1 aliphatic carbocycles. The average Bonchev–Trinajstić information content (AvgIpc) is 2.91. The summed E-state index contributed by atoms with van der Waals surface area (Å²) in [4.78, 5) is 0. The molecule has 3 rings (SSSR count). The second kappa shape index (κ2) is 11.1. The van der Waals surface area contributed by atoms with Crippen molar-refractivity contribution in [3.63, 3.8) is 0 Å². The molecule has 0 unspecified atom stereocenters. The lowest BCUT2D eigenvalue weighted by atomic mass is 9.90. The lowest BCUT2D eigenvalue weighted by Gasteiger charge is -2.32. The Balaban J connectivity index is 0.000000661. The molecule has 2 N–H and O–H groups in total. The molecule has 1 aromatic heterocycles. The number of fused-ring (bicyclic) bond motifs is 1. The van der Waals surface area contributed by atoms with Gasteiger partial charge < -0.3 is 14.9 Å². The van der Waals surface area contributed by atoms with Crippen LogP contribution in [-0.2, 0) is 0 Å². The number of hydrogen-bond acceptors (Lipinski definition) is 3. The van der Waals surface area contributed by atoms with E-state index in [2.05, 4.69) is 0 Å². The molecule has 0 amide bonds. The van der Waals surface area contributed by atoms with Gasteiger partial charge in [-0.25, -0.2) is 0 Å². The molecule has 1 fully saturated rings. The van der Waals surface area contributed by atoms with E-state index in [0.29, 0.717) is 12.1 Å². The first kappa shape index (κ1) is 20.5. The molecular weight excluding hydrogens is 274 g/mol. The van der Waals surface area contributed by atoms with Crippen molar-refractivity contribution >= 4 is 11.0 Å². The van der Waals surface area contributed by atoms with E-state index in [9.17, 15) is 0 Å². The van der Waals surface area contributed by atoms with Gasteiger partial charge in [-0.2, -0.15) is 0 Å². The zero-order valence-corrected chi connectivity index (χ0v) is 15.3. The summed E-state index contributed by atoms with van der Waals surface area (Å²) in [6.07, 6.45) is 2.21. The fourth-order valence-electron chi connectivity index (χ4n) is 2.12. The van der Waals surface area contributed by atoms with E-state index >= 15 is 0 Å². The second-order valence-corrected chi connectivity index (χ2v) is 4.53. The van der Waals surface area contributed by atoms with Gasteiger partial charge in [0.05, 0.1) is 0 Å². The number of nitrogens with two attached hydrogens (primary N) is 1. The van der Waals surface area contributed by atoms with Crippen molar-refractivity contribution in [1.29, 1.82) is 0 Å². The summed E-state index contributed by atoms with van der Waals surface area (Å²) in [6.45, 7) is 13.9. The SMILES string of the molecule is CC.CC.CC.Cc1cc2cc(OC3CC(N)C3)ccc2o1. The molecule has 0 radical (unpaired) electrons. The molecule has 0 aliphatic heterocycles. The third-order valence-electron chi connectivity index (χ3n) is 3.04. The molecule has 0 bridgehead atoms. The zero-order valence-electron chi connectivity index (χ0n) is 15.3. The van der Waals surface area contributed by atoms with Gasteiger partial charge in [0.15, 0.2) is 0 Å². The van der Waals surface area contributed by atoms with E-state index in [0.717, 1.165) is 35.3 Å². The lowest BCUT2D eigenvalue weighted by Crippen LogP contribution is -2.43. The Kier molecular flexibility index (Phi) is 10.4. The van der Waals surface area contributed by atoms with Gasteiger partial charge in [-0.15, -0.1) is 0 Å². The normalized spacial score (nSPS) is 18.5. The quantitative estimate of drug-likeness (QED) is 0.775. The predicted octanol–water partition coefficient (Wildman–Crippen LogP) is 5.69. The van der Waals surface area contributed by atoms with Crippen LogP contribution < -0.4 is 10.5 Å². The molecule has 126 valence electrons. The van der Waals surface area contributed by atoms with Crippen molar-refractivity contribution in [3.8, 4) is 5.75 Å². The van der Waals surface area contributed by atoms with Crippen molar-refractivity contribution in [2.45, 2.75) is 73.5 Å². The minimum atomic E-state index is 0.292. The Labute approximate surface area is 135 Å². The topological polar surface area (TPSA) is 48.4 Å². The molecule has 22 heavy (non-hydrogen) atoms. The van der Waals surface area contributed by atoms with E-state index in [1.165, 1.54) is 0 Å². The first-order valence-corrected chi connectivity index (χ1v) is 8.63. The summed E-state index contributed by atoms with van der Waals surface area (Å²) in [5, 5.41) is 1.10. The van der Waals surface area contributed by atoms with Gasteiger partial charge in [-0.1, -0.05) is 41.5 Å². The number of ether oxygens (including phenoxy) is 1. The number of aryl methyl sites for hydroxylation is 1. The Hall–Kier alpha value is -1.48. The van der Waals surface area contributed by atoms with Crippen LogP contribution in [0.25, 0.3) is 11.0 Å². The molecule has 1 aliphatic rings. The maximum Gasteiger partial charge on any atom is 0.134 e. The summed E-state index contributed by atoms with van der Waals surface area (Å²) >= 11 is 0. The Morgan fingerprint density at radius 1 is 1.00 bits per heavy atom. The molecule has 0 spiro atoms. The molecule has 1 saturated carbocycles. The number of hydrogen-bond donors (Lipinski definition) is 1. The molecule has 1 heterocycles. The minimum Gasteiger partial charge on any atom is -0.490 e. The van der Waals surface area contributed by atoms with Crippen molar-refractivity contribution in [1.82, 2.24) is 0 Å². The van der Waals surface area contributed by atoms with Crippen LogP contribution in [0.4, 0.5) is 0 Å². The van der Waals surface area contributed by atoms with Gasteiger partial charge in [-0.3, -0.25) is 0 Å². The van der Waals surface area contributed by atoms with Gasteiger partial charge in [0.2, 0.25) is 0 Å². The van der Waals surface area contributed by atoms with Crippen molar-refractivity contribution in [2.75, 3.05) is 0 Å². The van der Waals surface area contributed by atoms with Crippen LogP contribution in [0, 0.1) is 6.92 Å². The molecular formula is C19H33NO2. The highest BCUT2D eigenvalue weighted by atomic mass is 16.5. The Bertz CT molecular complexity index is 513. The second-order valence-electron chi connectivity index (χ2n) is 4.53. The third-order valence-corrected chi connectivity index (χ3v) is 3.04. The molecule has 2 aromatic rings. The van der Waals surface area contributed by atoms with E-state index < -0.39 is 0 Å². The van der Waals surface area contributed by atoms with Crippen LogP contribution in [0.15, 0.2) is 28.7 Å². The van der Waals surface area contributed by atoms with Crippen molar-refractivity contribution in [3.05, 3.63) is 30.0 Å². The highest BCUT2D eigenvalue weighted by molar-refractivity contribution is 5.79. The van der Waals surface area contributed by atoms with Crippen LogP contribution in [0.3, 0.4) is 0 Å². The number of rotatable bonds is 2. The molecule has 0 saturated heterocycles. The van der Waals surface area contributed by atoms with Crippen LogP contribution in [0.1, 0.15) is 60.1 Å². The van der Waals surface area contributed by atoms with Gasteiger partial charge in [0, 0.05) is 11.4 Å². The molecule has 3 nitrogen and oxygen atoms in total. The maximum absolute atomic E-state index is 5.82. The van der Waals surface area contributed by atoms with Crippen molar-refractivity contribution < 1.29 is 9.15 Å². The summed E-state index contributed by atoms with van der Waals surface area (Å²) in [7, 11) is 0. The van der Waals surface area contributed by atoms with E-state index in [-0.39, 0.29) is 0 Å². The summed E-state index contributed by atoms with van der Waals surface area (Å²) in [5.41, 5.74) is 6.63. The highest BCUT2D eigenvalue weighted by Crippen LogP contribution is 2.28. The summed E-state index contributed by atoms with van der Waals surface area (Å²) in [6, 6.07) is 8.28. The predicted molar refractivity (Wildman–Crippen MR) is 96.6 cm³/mol. The van der Waals surface area contributed by atoms with Gasteiger partial charge in [0.1, 0.15) is 23.2 Å². The zero-order chi connectivity index (χ0) is 17.1. The van der Waals surface area contributed by atoms with E-state index in [1.807, 2.05) is 72.7 Å². The fourth-order valence-corrected chi connectivity index (χ4v) is 2.12. The lowest BCUT2D eigenvalue weighted by molar-refractivity contribution is 0.101. The smallest absolute Gasteiger partial charge is 0.134 e. The summed E-state index contributed by atoms with van der Waals surface area (Å²) in [5.74, 6) is 1.84. The first-order chi connectivity index (χ1) is 10.7. The standard InChI is InChI=1S/C13H15NO2.3C2H6/c1-8-4-9-5-11(2-3-13(9)15-8)16-12-6-10(14)7-12;3*1-2/h2-5,10,12H,6-7,14H2,1H3;3*1-2H3. The number of furan rings is 1. The minimum absolute atomic E-state index is 0.292. The number of benzene rings is 1. The van der Waals surface area contributed by atoms with Crippen LogP contribution >= 0.6 is 0 Å². The average molecular weight is 307 g/mol. The molecule has 3 heteroatoms. The van der Waals surface area contributed by atoms with Gasteiger partial charge in [-0.05, 0) is 44.0 Å². The monoisotopic (exact) mass is 307 g/mol. The van der Waals surface area contributed by atoms with Gasteiger partial charge in [0.25, 0.3) is 0 Å². The molecule has 1 aromatic carbocycles. The third kappa shape index (κ3) is 5.72. The highest BCUT2D eigenvalue weighted by Gasteiger charge is 2.27. The van der Waals surface area contributed by atoms with Crippen molar-refractivity contribution in [2.24, 2.45) is 5.73 Å². The fraction of sp³-hybridized carbons (Fsp3) is 0.579. The Morgan fingerprint density at radius 3 is 2.14 bits per heavy atom. The first-order valence-electron chi connectivity index (χ1n) is 8.63. The van der Waals surface area contributed by atoms with Crippen LogP contribution in [0.2, 0.25) is 0 Å². The van der Waals surface area contributed by atoms with Gasteiger partial charge >= 0.3 is 0 Å². The largest absolute Gasteiger partial charge is 0.490 e. The van der Waals surface area contributed by atoms with E-state index in [1.54, 1.807) is 0 Å². The van der Waals surface area contributed by atoms with Crippen LogP contribution in [-0.4, -0.2) is 12.1 Å². The Morgan fingerprint density at radius 2 is 1.59 bits per heavy atom. The molecule has 0 atom stereocenters. The maximum atomic E-state index is 5.82. The van der Waals surface area contributed by atoms with Crippen LogP contribution in [0.5, 0.6) is 5.75 Å². The summed E-state index contributed by atoms with van der Waals surface area (Å²) < 4.78 is 11.3. The van der Waals surface area contributed by atoms with E-state index in [4.69, 9.17) is 14.9 Å².